The van der Waals surface area contributed by atoms with Crippen molar-refractivity contribution < 1.29 is 18.6 Å². The first-order valence-electron chi connectivity index (χ1n) is 7.93. The summed E-state index contributed by atoms with van der Waals surface area (Å²) < 4.78 is 24.2. The van der Waals surface area contributed by atoms with Gasteiger partial charge in [-0.15, -0.1) is 0 Å². The van der Waals surface area contributed by atoms with Crippen LogP contribution in [0.2, 0.25) is 0 Å². The zero-order valence-corrected chi connectivity index (χ0v) is 14.5. The maximum atomic E-state index is 12.1. The number of aliphatic hydroxyl groups excluding tert-OH is 2. The number of hydrogen-bond acceptors (Lipinski definition) is 6. The normalized spacial score (nSPS) is 20.3. The zero-order chi connectivity index (χ0) is 17.0. The third kappa shape index (κ3) is 4.83. The van der Waals surface area contributed by atoms with E-state index in [1.54, 1.807) is 12.1 Å². The topological polar surface area (TPSA) is 89.9 Å². The molecule has 0 radical (unpaired) electrons. The van der Waals surface area contributed by atoms with Crippen LogP contribution in [0.25, 0.3) is 0 Å². The first kappa shape index (κ1) is 18.0. The Labute approximate surface area is 138 Å². The molecule has 1 aliphatic rings. The lowest BCUT2D eigenvalue weighted by atomic mass is 10.00. The maximum Gasteiger partial charge on any atom is 0.177 e. The molecule has 2 rings (SSSR count). The van der Waals surface area contributed by atoms with Crippen LogP contribution in [0.15, 0.2) is 23.1 Å². The van der Waals surface area contributed by atoms with Gasteiger partial charge in [-0.1, -0.05) is 6.92 Å². The Hall–Kier alpha value is -1.31. The second-order valence-corrected chi connectivity index (χ2v) is 8.35. The van der Waals surface area contributed by atoms with E-state index in [1.165, 1.54) is 6.26 Å². The van der Waals surface area contributed by atoms with Gasteiger partial charge in [0.25, 0.3) is 0 Å². The molecular weight excluding hydrogens is 316 g/mol. The zero-order valence-electron chi connectivity index (χ0n) is 13.7. The number of nitrogens with one attached hydrogen (secondary N) is 1. The van der Waals surface area contributed by atoms with Crippen LogP contribution in [0.5, 0.6) is 0 Å². The molecule has 130 valence electrons. The Morgan fingerprint density at radius 2 is 2.17 bits per heavy atom. The lowest BCUT2D eigenvalue weighted by molar-refractivity contribution is 0.105. The predicted molar refractivity (Wildman–Crippen MR) is 91.7 cm³/mol. The molecule has 23 heavy (non-hydrogen) atoms. The molecule has 1 aromatic rings. The van der Waals surface area contributed by atoms with Crippen LogP contribution in [0.3, 0.4) is 0 Å². The fourth-order valence-electron chi connectivity index (χ4n) is 2.90. The molecule has 0 bridgehead atoms. The molecule has 0 aromatic heterocycles. The van der Waals surface area contributed by atoms with Crippen molar-refractivity contribution >= 4 is 21.2 Å². The lowest BCUT2D eigenvalue weighted by Gasteiger charge is -2.34. The summed E-state index contributed by atoms with van der Waals surface area (Å²) >= 11 is 0. The number of anilines is 2. The summed E-state index contributed by atoms with van der Waals surface area (Å²) in [7, 11) is -3.31. The Morgan fingerprint density at radius 1 is 1.43 bits per heavy atom. The number of nitrogens with zero attached hydrogens (tertiary/aromatic N) is 1. The van der Waals surface area contributed by atoms with Crippen LogP contribution < -0.4 is 10.2 Å². The molecule has 0 spiro atoms. The highest BCUT2D eigenvalue weighted by atomic mass is 32.2. The summed E-state index contributed by atoms with van der Waals surface area (Å²) in [6, 6.07) is 5.12. The van der Waals surface area contributed by atoms with E-state index in [9.17, 15) is 13.5 Å². The lowest BCUT2D eigenvalue weighted by Crippen LogP contribution is -2.35. The Kier molecular flexibility index (Phi) is 5.89. The van der Waals surface area contributed by atoms with Gasteiger partial charge in [0.15, 0.2) is 9.84 Å². The van der Waals surface area contributed by atoms with E-state index in [0.29, 0.717) is 16.5 Å². The summed E-state index contributed by atoms with van der Waals surface area (Å²) in [4.78, 5) is 2.46. The van der Waals surface area contributed by atoms with Crippen LogP contribution in [0.1, 0.15) is 19.8 Å². The fourth-order valence-corrected chi connectivity index (χ4v) is 3.78. The summed E-state index contributed by atoms with van der Waals surface area (Å²) in [6.45, 7) is 3.75. The van der Waals surface area contributed by atoms with Gasteiger partial charge in [-0.05, 0) is 37.0 Å². The highest BCUT2D eigenvalue weighted by Gasteiger charge is 2.23. The first-order chi connectivity index (χ1) is 10.8. The minimum absolute atomic E-state index is 0.213. The van der Waals surface area contributed by atoms with Crippen molar-refractivity contribution in [1.29, 1.82) is 0 Å². The minimum Gasteiger partial charge on any atom is -0.394 e. The van der Waals surface area contributed by atoms with Crippen molar-refractivity contribution in [3.63, 3.8) is 0 Å². The van der Waals surface area contributed by atoms with E-state index in [2.05, 4.69) is 17.1 Å². The molecule has 0 aliphatic carbocycles. The first-order valence-corrected chi connectivity index (χ1v) is 9.82. The SMILES string of the molecule is CC1CCCN(c2cc(NCC(O)CO)ccc2S(C)(=O)=O)C1. The molecule has 0 saturated carbocycles. The van der Waals surface area contributed by atoms with Crippen molar-refractivity contribution in [1.82, 2.24) is 0 Å². The second-order valence-electron chi connectivity index (χ2n) is 6.37. The summed E-state index contributed by atoms with van der Waals surface area (Å²) in [5.74, 6) is 0.531. The van der Waals surface area contributed by atoms with Crippen molar-refractivity contribution in [2.45, 2.75) is 30.8 Å². The number of benzene rings is 1. The van der Waals surface area contributed by atoms with E-state index >= 15 is 0 Å². The Balaban J connectivity index is 2.30. The fraction of sp³-hybridized carbons (Fsp3) is 0.625. The van der Waals surface area contributed by atoms with E-state index in [1.807, 2.05) is 6.07 Å². The minimum atomic E-state index is -3.31. The monoisotopic (exact) mass is 342 g/mol. The molecule has 2 unspecified atom stereocenters. The van der Waals surface area contributed by atoms with Gasteiger partial charge < -0.3 is 20.4 Å². The van der Waals surface area contributed by atoms with Gasteiger partial charge in [-0.25, -0.2) is 8.42 Å². The van der Waals surface area contributed by atoms with Crippen molar-refractivity contribution in [3.05, 3.63) is 18.2 Å². The smallest absolute Gasteiger partial charge is 0.177 e. The summed E-state index contributed by atoms with van der Waals surface area (Å²) in [5.41, 5.74) is 1.45. The van der Waals surface area contributed by atoms with E-state index in [-0.39, 0.29) is 13.2 Å². The van der Waals surface area contributed by atoms with Crippen LogP contribution in [0, 0.1) is 5.92 Å². The van der Waals surface area contributed by atoms with Crippen LogP contribution in [-0.2, 0) is 9.84 Å². The van der Waals surface area contributed by atoms with Crippen LogP contribution >= 0.6 is 0 Å². The van der Waals surface area contributed by atoms with Gasteiger partial charge in [0.1, 0.15) is 0 Å². The number of rotatable bonds is 6. The number of aliphatic hydroxyl groups is 2. The molecular formula is C16H26N2O4S. The predicted octanol–water partition coefficient (Wildman–Crippen LogP) is 1.09. The standard InChI is InChI=1S/C16H26N2O4S/c1-12-4-3-7-18(10-12)15-8-13(17-9-14(20)11-19)5-6-16(15)23(2,21)22/h5-6,8,12,14,17,19-20H,3-4,7,9-11H2,1-2H3. The molecule has 1 saturated heterocycles. The number of piperidine rings is 1. The van der Waals surface area contributed by atoms with Gasteiger partial charge in [0, 0.05) is 31.6 Å². The largest absolute Gasteiger partial charge is 0.394 e. The number of sulfone groups is 1. The van der Waals surface area contributed by atoms with Gasteiger partial charge in [0.2, 0.25) is 0 Å². The summed E-state index contributed by atoms with van der Waals surface area (Å²) in [6.07, 6.45) is 2.58. The highest BCUT2D eigenvalue weighted by Crippen LogP contribution is 2.32. The molecule has 3 N–H and O–H groups in total. The third-order valence-electron chi connectivity index (χ3n) is 4.11. The Morgan fingerprint density at radius 3 is 2.78 bits per heavy atom. The number of hydrogen-bond donors (Lipinski definition) is 3. The maximum absolute atomic E-state index is 12.1. The summed E-state index contributed by atoms with van der Waals surface area (Å²) in [5, 5.41) is 21.3. The van der Waals surface area contributed by atoms with E-state index < -0.39 is 15.9 Å². The molecule has 1 heterocycles. The van der Waals surface area contributed by atoms with Gasteiger partial charge in [0.05, 0.1) is 23.3 Å². The Bertz CT molecular complexity index is 633. The molecule has 7 heteroatoms. The molecule has 6 nitrogen and oxygen atoms in total. The van der Waals surface area contributed by atoms with Crippen LogP contribution in [0.4, 0.5) is 11.4 Å². The molecule has 1 aliphatic heterocycles. The molecule has 1 fully saturated rings. The molecule has 2 atom stereocenters. The average molecular weight is 342 g/mol. The van der Waals surface area contributed by atoms with E-state index in [4.69, 9.17) is 5.11 Å². The van der Waals surface area contributed by atoms with Crippen molar-refractivity contribution in [2.24, 2.45) is 5.92 Å². The van der Waals surface area contributed by atoms with E-state index in [0.717, 1.165) is 31.6 Å². The van der Waals surface area contributed by atoms with Gasteiger partial charge >= 0.3 is 0 Å². The quantitative estimate of drug-likeness (QED) is 0.717. The van der Waals surface area contributed by atoms with Gasteiger partial charge in [-0.2, -0.15) is 0 Å². The average Bonchev–Trinajstić information content (AvgIpc) is 2.51. The molecule has 1 aromatic carbocycles. The molecule has 0 amide bonds. The van der Waals surface area contributed by atoms with Crippen LogP contribution in [-0.4, -0.2) is 57.2 Å². The van der Waals surface area contributed by atoms with Gasteiger partial charge in [-0.3, -0.25) is 0 Å². The highest BCUT2D eigenvalue weighted by molar-refractivity contribution is 7.90. The second kappa shape index (κ2) is 7.51. The van der Waals surface area contributed by atoms with Crippen molar-refractivity contribution in [2.75, 3.05) is 42.7 Å². The third-order valence-corrected chi connectivity index (χ3v) is 5.25. The van der Waals surface area contributed by atoms with Crippen molar-refractivity contribution in [3.8, 4) is 0 Å².